The number of ether oxygens (including phenoxy) is 2. The van der Waals surface area contributed by atoms with Crippen molar-refractivity contribution in [1.29, 1.82) is 0 Å². The molecule has 0 spiro atoms. The van der Waals surface area contributed by atoms with Gasteiger partial charge < -0.3 is 19.7 Å². The van der Waals surface area contributed by atoms with Gasteiger partial charge in [-0.3, -0.25) is 9.59 Å². The zero-order valence-electron chi connectivity index (χ0n) is 17.4. The number of benzene rings is 2. The Hall–Kier alpha value is -3.23. The number of nitrogens with zero attached hydrogens (tertiary/aromatic N) is 1. The molecule has 2 amide bonds. The molecule has 1 saturated heterocycles. The number of carbonyl (C=O) groups excluding carboxylic acids is 2. The third-order valence-electron chi connectivity index (χ3n) is 5.19. The largest absolute Gasteiger partial charge is 0.573 e. The molecule has 1 fully saturated rings. The van der Waals surface area contributed by atoms with Crippen molar-refractivity contribution in [3.63, 3.8) is 0 Å². The van der Waals surface area contributed by atoms with Crippen molar-refractivity contribution < 1.29 is 32.2 Å². The predicted molar refractivity (Wildman–Crippen MR) is 111 cm³/mol. The Bertz CT molecular complexity index is 880. The predicted octanol–water partition coefficient (Wildman–Crippen LogP) is 3.56. The molecule has 0 radical (unpaired) electrons. The van der Waals surface area contributed by atoms with Crippen molar-refractivity contribution in [1.82, 2.24) is 10.2 Å². The van der Waals surface area contributed by atoms with E-state index in [9.17, 15) is 22.8 Å². The summed E-state index contributed by atoms with van der Waals surface area (Å²) in [4.78, 5) is 26.4. The molecule has 32 heavy (non-hydrogen) atoms. The Kier molecular flexibility index (Phi) is 7.97. The molecular weight excluding hydrogens is 425 g/mol. The smallest absolute Gasteiger partial charge is 0.484 e. The lowest BCUT2D eigenvalue weighted by molar-refractivity contribution is -0.274. The second-order valence-corrected chi connectivity index (χ2v) is 7.49. The van der Waals surface area contributed by atoms with Gasteiger partial charge in [-0.05, 0) is 49.1 Å². The van der Waals surface area contributed by atoms with E-state index in [0.717, 1.165) is 5.56 Å². The van der Waals surface area contributed by atoms with Crippen LogP contribution in [0.4, 0.5) is 13.2 Å². The summed E-state index contributed by atoms with van der Waals surface area (Å²) in [5, 5.41) is 2.87. The molecule has 1 aliphatic rings. The molecule has 3 rings (SSSR count). The van der Waals surface area contributed by atoms with Crippen LogP contribution in [0.3, 0.4) is 0 Å². The normalized spacial score (nSPS) is 14.7. The average Bonchev–Trinajstić information content (AvgIpc) is 2.78. The van der Waals surface area contributed by atoms with Crippen molar-refractivity contribution in [2.45, 2.75) is 25.6 Å². The summed E-state index contributed by atoms with van der Waals surface area (Å²) in [5.41, 5.74) is 0.790. The van der Waals surface area contributed by atoms with Gasteiger partial charge in [0.05, 0.1) is 0 Å². The van der Waals surface area contributed by atoms with Crippen LogP contribution < -0.4 is 14.8 Å². The minimum Gasteiger partial charge on any atom is -0.484 e. The summed E-state index contributed by atoms with van der Waals surface area (Å²) < 4.78 is 45.9. The van der Waals surface area contributed by atoms with Gasteiger partial charge in [-0.2, -0.15) is 0 Å². The number of carbonyl (C=O) groups is 2. The maximum atomic E-state index is 12.4. The lowest BCUT2D eigenvalue weighted by Crippen LogP contribution is -2.44. The molecule has 0 saturated carbocycles. The number of hydrogen-bond donors (Lipinski definition) is 1. The van der Waals surface area contributed by atoms with Gasteiger partial charge in [0, 0.05) is 25.6 Å². The van der Waals surface area contributed by atoms with Gasteiger partial charge in [0.2, 0.25) is 5.91 Å². The lowest BCUT2D eigenvalue weighted by Gasteiger charge is -2.31. The molecule has 0 unspecified atom stereocenters. The van der Waals surface area contributed by atoms with Gasteiger partial charge in [0.15, 0.2) is 6.61 Å². The monoisotopic (exact) mass is 450 g/mol. The van der Waals surface area contributed by atoms with E-state index in [0.29, 0.717) is 44.6 Å². The molecule has 0 bridgehead atoms. The SMILES string of the molecule is O=C(NCCc1ccc(OC(F)(F)F)cc1)C1CCN(C(=O)COc2ccccc2)CC1. The second-order valence-electron chi connectivity index (χ2n) is 7.49. The first-order valence-electron chi connectivity index (χ1n) is 10.4. The van der Waals surface area contributed by atoms with Crippen LogP contribution in [0.2, 0.25) is 0 Å². The van der Waals surface area contributed by atoms with E-state index in [1.54, 1.807) is 17.0 Å². The Morgan fingerprint density at radius 2 is 1.62 bits per heavy atom. The van der Waals surface area contributed by atoms with Crippen molar-refractivity contribution in [3.05, 3.63) is 60.2 Å². The quantitative estimate of drug-likeness (QED) is 0.668. The molecular formula is C23H25F3N2O4. The summed E-state index contributed by atoms with van der Waals surface area (Å²) in [6.45, 7) is 1.33. The Labute approximate surface area is 184 Å². The van der Waals surface area contributed by atoms with E-state index in [1.807, 2.05) is 18.2 Å². The number of rotatable bonds is 8. The highest BCUT2D eigenvalue weighted by molar-refractivity contribution is 5.80. The number of hydrogen-bond acceptors (Lipinski definition) is 4. The molecule has 1 aliphatic heterocycles. The van der Waals surface area contributed by atoms with Crippen LogP contribution in [0.15, 0.2) is 54.6 Å². The van der Waals surface area contributed by atoms with E-state index in [4.69, 9.17) is 4.74 Å². The minimum atomic E-state index is -4.72. The van der Waals surface area contributed by atoms with Gasteiger partial charge in [-0.25, -0.2) is 0 Å². The fraction of sp³-hybridized carbons (Fsp3) is 0.391. The summed E-state index contributed by atoms with van der Waals surface area (Å²) in [7, 11) is 0. The summed E-state index contributed by atoms with van der Waals surface area (Å²) in [6.07, 6.45) is -3.07. The standard InChI is InChI=1S/C23H25F3N2O4/c24-23(25,26)32-20-8-6-17(7-9-20)10-13-27-22(30)18-11-14-28(15-12-18)21(29)16-31-19-4-2-1-3-5-19/h1-9,18H,10-16H2,(H,27,30). The molecule has 2 aromatic rings. The molecule has 0 aliphatic carbocycles. The lowest BCUT2D eigenvalue weighted by atomic mass is 9.96. The van der Waals surface area contributed by atoms with E-state index in [1.165, 1.54) is 24.3 Å². The highest BCUT2D eigenvalue weighted by atomic mass is 19.4. The molecule has 172 valence electrons. The van der Waals surface area contributed by atoms with Gasteiger partial charge in [0.25, 0.3) is 5.91 Å². The van der Waals surface area contributed by atoms with Crippen LogP contribution in [-0.2, 0) is 16.0 Å². The highest BCUT2D eigenvalue weighted by Crippen LogP contribution is 2.23. The van der Waals surface area contributed by atoms with Crippen LogP contribution in [0.5, 0.6) is 11.5 Å². The fourth-order valence-electron chi connectivity index (χ4n) is 3.48. The van der Waals surface area contributed by atoms with Gasteiger partial charge >= 0.3 is 6.36 Å². The summed E-state index contributed by atoms with van der Waals surface area (Å²) in [5.74, 6) is 0.00960. The number of alkyl halides is 3. The topological polar surface area (TPSA) is 67.9 Å². The average molecular weight is 450 g/mol. The maximum Gasteiger partial charge on any atom is 0.573 e. The molecule has 6 nitrogen and oxygen atoms in total. The number of likely N-dealkylation sites (tertiary alicyclic amines) is 1. The third kappa shape index (κ3) is 7.47. The van der Waals surface area contributed by atoms with Crippen LogP contribution in [0.25, 0.3) is 0 Å². The van der Waals surface area contributed by atoms with Gasteiger partial charge in [0.1, 0.15) is 11.5 Å². The number of piperidine rings is 1. The van der Waals surface area contributed by atoms with E-state index < -0.39 is 6.36 Å². The highest BCUT2D eigenvalue weighted by Gasteiger charge is 2.31. The van der Waals surface area contributed by atoms with Crippen LogP contribution in [0, 0.1) is 5.92 Å². The Balaban J connectivity index is 1.34. The van der Waals surface area contributed by atoms with Crippen molar-refractivity contribution >= 4 is 11.8 Å². The molecule has 1 N–H and O–H groups in total. The maximum absolute atomic E-state index is 12.4. The van der Waals surface area contributed by atoms with Crippen molar-refractivity contribution in [2.75, 3.05) is 26.2 Å². The Morgan fingerprint density at radius 1 is 0.969 bits per heavy atom. The first-order chi connectivity index (χ1) is 15.3. The molecule has 9 heteroatoms. The van der Waals surface area contributed by atoms with E-state index in [2.05, 4.69) is 10.1 Å². The van der Waals surface area contributed by atoms with E-state index >= 15 is 0 Å². The van der Waals surface area contributed by atoms with Gasteiger partial charge in [-0.1, -0.05) is 30.3 Å². The van der Waals surface area contributed by atoms with Crippen LogP contribution >= 0.6 is 0 Å². The number of nitrogens with one attached hydrogen (secondary N) is 1. The molecule has 2 aromatic carbocycles. The Morgan fingerprint density at radius 3 is 2.25 bits per heavy atom. The van der Waals surface area contributed by atoms with Crippen molar-refractivity contribution in [2.24, 2.45) is 5.92 Å². The zero-order valence-corrected chi connectivity index (χ0v) is 17.4. The fourth-order valence-corrected chi connectivity index (χ4v) is 3.48. The molecule has 0 aromatic heterocycles. The summed E-state index contributed by atoms with van der Waals surface area (Å²) >= 11 is 0. The molecule has 1 heterocycles. The van der Waals surface area contributed by atoms with Crippen molar-refractivity contribution in [3.8, 4) is 11.5 Å². The van der Waals surface area contributed by atoms with Gasteiger partial charge in [-0.15, -0.1) is 13.2 Å². The first kappa shape index (κ1) is 23.4. The van der Waals surface area contributed by atoms with E-state index in [-0.39, 0.29) is 30.1 Å². The number of para-hydroxylation sites is 1. The zero-order chi connectivity index (χ0) is 23.0. The second kappa shape index (κ2) is 10.9. The van der Waals surface area contributed by atoms with Crippen LogP contribution in [-0.4, -0.2) is 49.3 Å². The number of amides is 2. The number of halogens is 3. The molecule has 0 atom stereocenters. The first-order valence-corrected chi connectivity index (χ1v) is 10.4. The minimum absolute atomic E-state index is 0.0341. The van der Waals surface area contributed by atoms with Crippen LogP contribution in [0.1, 0.15) is 18.4 Å². The summed E-state index contributed by atoms with van der Waals surface area (Å²) in [6, 6.07) is 14.7. The third-order valence-corrected chi connectivity index (χ3v) is 5.19.